The molecule has 0 aliphatic carbocycles. The summed E-state index contributed by atoms with van der Waals surface area (Å²) in [6.07, 6.45) is -1.69. The van der Waals surface area contributed by atoms with E-state index in [1.807, 2.05) is 0 Å². The van der Waals surface area contributed by atoms with Gasteiger partial charge in [-0.05, 0) is 0 Å². The van der Waals surface area contributed by atoms with Gasteiger partial charge < -0.3 is 35.7 Å². The third kappa shape index (κ3) is 6.57. The fourth-order valence-electron chi connectivity index (χ4n) is 3.15. The van der Waals surface area contributed by atoms with Gasteiger partial charge in [-0.1, -0.05) is 0 Å². The summed E-state index contributed by atoms with van der Waals surface area (Å²) in [5, 5.41) is 66.7. The fraction of sp³-hybridized carbons (Fsp3) is 0.200. The highest BCUT2D eigenvalue weighted by atomic mass is 32.1. The number of anilines is 2. The highest BCUT2D eigenvalue weighted by Crippen LogP contribution is 2.37. The first kappa shape index (κ1) is 28.2. The van der Waals surface area contributed by atoms with Crippen molar-refractivity contribution >= 4 is 68.4 Å². The molecule has 0 saturated carbocycles. The largest absolute Gasteiger partial charge is 0.481 e. The van der Waals surface area contributed by atoms with E-state index in [2.05, 4.69) is 5.32 Å². The number of carboxylic acids is 5. The molecule has 1 amide bonds. The van der Waals surface area contributed by atoms with Gasteiger partial charge in [0.25, 0.3) is 0 Å². The zero-order chi connectivity index (χ0) is 28.0. The zero-order valence-corrected chi connectivity index (χ0v) is 19.8. The number of thiophene rings is 2. The third-order valence-electron chi connectivity index (χ3n) is 4.46. The number of nitriles is 2. The molecular weight excluding hydrogens is 536 g/mol. The van der Waals surface area contributed by atoms with Gasteiger partial charge in [0.1, 0.15) is 38.4 Å². The van der Waals surface area contributed by atoms with Crippen LogP contribution in [0, 0.1) is 22.7 Å². The van der Waals surface area contributed by atoms with Crippen LogP contribution in [0.3, 0.4) is 0 Å². The van der Waals surface area contributed by atoms with Gasteiger partial charge in [-0.25, -0.2) is 9.59 Å². The van der Waals surface area contributed by atoms with Gasteiger partial charge in [-0.2, -0.15) is 10.5 Å². The number of hydrogen-bond acceptors (Lipinski definition) is 11. The van der Waals surface area contributed by atoms with Crippen LogP contribution in [0.5, 0.6) is 0 Å². The lowest BCUT2D eigenvalue weighted by molar-refractivity contribution is -0.137. The maximum Gasteiger partial charge on any atom is 0.346 e. The zero-order valence-electron chi connectivity index (χ0n) is 18.2. The van der Waals surface area contributed by atoms with Crippen molar-refractivity contribution in [1.82, 2.24) is 0 Å². The molecule has 2 aromatic rings. The topological polar surface area (TPSA) is 266 Å². The second kappa shape index (κ2) is 11.6. The molecule has 37 heavy (non-hydrogen) atoms. The van der Waals surface area contributed by atoms with E-state index in [1.165, 1.54) is 0 Å². The summed E-state index contributed by atoms with van der Waals surface area (Å²) >= 11 is 0.795. The molecule has 2 aromatic heterocycles. The Kier molecular flexibility index (Phi) is 8.87. The predicted octanol–water partition coefficient (Wildman–Crippen LogP) is 0.733. The molecule has 0 aliphatic heterocycles. The smallest absolute Gasteiger partial charge is 0.346 e. The monoisotopic (exact) mass is 550 g/mol. The Morgan fingerprint density at radius 2 is 1.22 bits per heavy atom. The summed E-state index contributed by atoms with van der Waals surface area (Å²) in [6.45, 7) is -1.76. The summed E-state index contributed by atoms with van der Waals surface area (Å²) in [4.78, 5) is 69.3. The first-order chi connectivity index (χ1) is 17.3. The lowest BCUT2D eigenvalue weighted by Crippen LogP contribution is -2.37. The number of nitrogens with one attached hydrogen (secondary N) is 1. The molecule has 0 saturated heterocycles. The van der Waals surface area contributed by atoms with Gasteiger partial charge in [0.15, 0.2) is 0 Å². The molecule has 2 rings (SSSR count). The standard InChI is InChI=1S/C20H14N4O11S2/c21-3-9-7(1-12(26)27)15(19(32)33)36-17(9)23-11(25)5-24(6-14(30)31)18-10(4-22)8(2-13(28)29)16(37-18)20(34)35/h1-2,5-6H2,(H,23,25)(H,26,27)(H,28,29)(H,30,31)(H,32,33)(H,34,35). The van der Waals surface area contributed by atoms with E-state index >= 15 is 0 Å². The van der Waals surface area contributed by atoms with Crippen molar-refractivity contribution in [3.05, 3.63) is 32.0 Å². The number of carbonyl (C=O) groups is 6. The van der Waals surface area contributed by atoms with E-state index in [0.717, 1.165) is 4.90 Å². The number of aliphatic carboxylic acids is 3. The first-order valence-electron chi connectivity index (χ1n) is 9.58. The van der Waals surface area contributed by atoms with E-state index in [9.17, 15) is 54.6 Å². The second-order valence-electron chi connectivity index (χ2n) is 6.98. The molecule has 0 radical (unpaired) electrons. The van der Waals surface area contributed by atoms with E-state index in [1.54, 1.807) is 12.1 Å². The van der Waals surface area contributed by atoms with E-state index < -0.39 is 82.6 Å². The van der Waals surface area contributed by atoms with Crippen LogP contribution in [-0.4, -0.2) is 74.4 Å². The minimum Gasteiger partial charge on any atom is -0.481 e. The normalized spacial score (nSPS) is 10.1. The van der Waals surface area contributed by atoms with Gasteiger partial charge >= 0.3 is 29.8 Å². The van der Waals surface area contributed by atoms with Gasteiger partial charge in [0.05, 0.1) is 30.5 Å². The quantitative estimate of drug-likeness (QED) is 0.213. The molecule has 0 unspecified atom stereocenters. The summed E-state index contributed by atoms with van der Waals surface area (Å²) < 4.78 is 0. The van der Waals surface area contributed by atoms with Crippen molar-refractivity contribution in [1.29, 1.82) is 10.5 Å². The average Bonchev–Trinajstić information content (AvgIpc) is 3.29. The molecule has 0 aromatic carbocycles. The molecular formula is C20H14N4O11S2. The van der Waals surface area contributed by atoms with Crippen molar-refractivity contribution in [3.63, 3.8) is 0 Å². The van der Waals surface area contributed by atoms with E-state index in [0.29, 0.717) is 22.7 Å². The summed E-state index contributed by atoms with van der Waals surface area (Å²) in [7, 11) is 0. The molecule has 17 heteroatoms. The van der Waals surface area contributed by atoms with Crippen LogP contribution >= 0.6 is 22.7 Å². The molecule has 15 nitrogen and oxygen atoms in total. The van der Waals surface area contributed by atoms with Crippen molar-refractivity contribution < 1.29 is 54.3 Å². The van der Waals surface area contributed by atoms with Crippen LogP contribution in [-0.2, 0) is 32.0 Å². The lowest BCUT2D eigenvalue weighted by atomic mass is 10.1. The number of aromatic carboxylic acids is 2. The second-order valence-corrected chi connectivity index (χ2v) is 9.00. The predicted molar refractivity (Wildman–Crippen MR) is 123 cm³/mol. The molecule has 0 aliphatic rings. The highest BCUT2D eigenvalue weighted by Gasteiger charge is 2.30. The maximum absolute atomic E-state index is 12.8. The van der Waals surface area contributed by atoms with Crippen LogP contribution < -0.4 is 10.2 Å². The molecule has 2 heterocycles. The molecule has 6 N–H and O–H groups in total. The Morgan fingerprint density at radius 1 is 0.730 bits per heavy atom. The summed E-state index contributed by atoms with van der Waals surface area (Å²) in [5.41, 5.74) is -1.61. The number of amides is 1. The maximum atomic E-state index is 12.8. The summed E-state index contributed by atoms with van der Waals surface area (Å²) in [5.74, 6) is -8.53. The minimum atomic E-state index is -1.58. The highest BCUT2D eigenvalue weighted by molar-refractivity contribution is 7.19. The third-order valence-corrected chi connectivity index (χ3v) is 6.88. The van der Waals surface area contributed by atoms with Crippen LogP contribution in [0.2, 0.25) is 0 Å². The molecule has 0 atom stereocenters. The van der Waals surface area contributed by atoms with Crippen LogP contribution in [0.1, 0.15) is 41.6 Å². The fourth-order valence-corrected chi connectivity index (χ4v) is 5.28. The Balaban J connectivity index is 2.51. The molecule has 0 spiro atoms. The first-order valence-corrected chi connectivity index (χ1v) is 11.2. The van der Waals surface area contributed by atoms with Crippen molar-refractivity contribution in [2.45, 2.75) is 12.8 Å². The number of carboxylic acid groups (broad SMARTS) is 5. The SMILES string of the molecule is N#Cc1c(NC(=O)CN(CC(=O)O)c2sc(C(=O)O)c(CC(=O)O)c2C#N)sc(C(=O)O)c1CC(=O)O. The lowest BCUT2D eigenvalue weighted by Gasteiger charge is -2.21. The van der Waals surface area contributed by atoms with Gasteiger partial charge in [0.2, 0.25) is 5.91 Å². The van der Waals surface area contributed by atoms with Crippen LogP contribution in [0.15, 0.2) is 0 Å². The van der Waals surface area contributed by atoms with Gasteiger partial charge in [0, 0.05) is 11.1 Å². The Morgan fingerprint density at radius 3 is 1.65 bits per heavy atom. The van der Waals surface area contributed by atoms with Gasteiger partial charge in [-0.3, -0.25) is 19.2 Å². The van der Waals surface area contributed by atoms with Crippen molar-refractivity contribution in [2.24, 2.45) is 0 Å². The van der Waals surface area contributed by atoms with E-state index in [4.69, 9.17) is 10.2 Å². The number of carbonyl (C=O) groups excluding carboxylic acids is 1. The molecule has 0 bridgehead atoms. The Bertz CT molecular complexity index is 1410. The Hall–Kier alpha value is -5.00. The van der Waals surface area contributed by atoms with Crippen LogP contribution in [0.25, 0.3) is 0 Å². The Labute approximate surface area is 213 Å². The number of hydrogen-bond donors (Lipinski definition) is 6. The number of rotatable bonds is 12. The van der Waals surface area contributed by atoms with Crippen molar-refractivity contribution in [2.75, 3.05) is 23.3 Å². The summed E-state index contributed by atoms with van der Waals surface area (Å²) in [6, 6.07) is 3.26. The molecule has 0 fully saturated rings. The van der Waals surface area contributed by atoms with Crippen LogP contribution in [0.4, 0.5) is 10.0 Å². The van der Waals surface area contributed by atoms with Gasteiger partial charge in [-0.15, -0.1) is 22.7 Å². The molecule has 192 valence electrons. The minimum absolute atomic E-state index is 0.307. The average molecular weight is 550 g/mol. The van der Waals surface area contributed by atoms with Crippen molar-refractivity contribution in [3.8, 4) is 12.1 Å². The number of nitrogens with zero attached hydrogens (tertiary/aromatic N) is 3. The van der Waals surface area contributed by atoms with E-state index in [-0.39, 0.29) is 21.1 Å².